The summed E-state index contributed by atoms with van der Waals surface area (Å²) >= 11 is 0. The van der Waals surface area contributed by atoms with E-state index >= 15 is 0 Å². The smallest absolute Gasteiger partial charge is 0.338 e. The second-order valence-electron chi connectivity index (χ2n) is 8.06. The predicted octanol–water partition coefficient (Wildman–Crippen LogP) is 6.81. The molecule has 0 heterocycles. The number of benzene rings is 4. The lowest BCUT2D eigenvalue weighted by Gasteiger charge is -2.19. The van der Waals surface area contributed by atoms with Crippen molar-refractivity contribution in [3.8, 4) is 22.6 Å². The fourth-order valence-electron chi connectivity index (χ4n) is 4.37. The van der Waals surface area contributed by atoms with Gasteiger partial charge in [-0.15, -0.1) is 0 Å². The normalized spacial score (nSPS) is 10.9. The molecule has 0 amide bonds. The van der Waals surface area contributed by atoms with E-state index in [2.05, 4.69) is 0 Å². The highest BCUT2D eigenvalue weighted by atomic mass is 16.5. The van der Waals surface area contributed by atoms with Crippen molar-refractivity contribution in [2.75, 3.05) is 26.4 Å². The second-order valence-corrected chi connectivity index (χ2v) is 8.06. The summed E-state index contributed by atoms with van der Waals surface area (Å²) in [5, 5.41) is 3.58. The van der Waals surface area contributed by atoms with Crippen molar-refractivity contribution in [3.63, 3.8) is 0 Å². The summed E-state index contributed by atoms with van der Waals surface area (Å²) in [6.07, 6.45) is 0. The number of ether oxygens (including phenoxy) is 4. The highest BCUT2D eigenvalue weighted by molar-refractivity contribution is 6.11. The monoisotopic (exact) mass is 486 g/mol. The van der Waals surface area contributed by atoms with Gasteiger partial charge in [-0.2, -0.15) is 0 Å². The van der Waals surface area contributed by atoms with Gasteiger partial charge in [0.1, 0.15) is 11.5 Å². The molecule has 0 aromatic heterocycles. The molecule has 0 fully saturated rings. The van der Waals surface area contributed by atoms with Crippen molar-refractivity contribution in [2.45, 2.75) is 27.7 Å². The van der Waals surface area contributed by atoms with Gasteiger partial charge in [-0.3, -0.25) is 0 Å². The standard InChI is InChI=1S/C30H30O6/c1-5-33-25-15-11-19-17-21(29(31)35-7-3)9-13-23(19)27(25)28-24-14-10-22(30(32)36-8-4)18-20(24)12-16-26(28)34-6-2/h9-18H,5-8H2,1-4H3. The number of hydrogen-bond acceptors (Lipinski definition) is 6. The zero-order chi connectivity index (χ0) is 25.7. The van der Waals surface area contributed by atoms with Crippen LogP contribution in [-0.4, -0.2) is 38.4 Å². The van der Waals surface area contributed by atoms with Gasteiger partial charge >= 0.3 is 11.9 Å². The summed E-state index contributed by atoms with van der Waals surface area (Å²) < 4.78 is 22.5. The zero-order valence-electron chi connectivity index (χ0n) is 21.1. The predicted molar refractivity (Wildman–Crippen MR) is 141 cm³/mol. The Hall–Kier alpha value is -4.06. The van der Waals surface area contributed by atoms with E-state index in [1.807, 2.05) is 62.4 Å². The molecule has 0 bridgehead atoms. The molecule has 0 aliphatic heterocycles. The summed E-state index contributed by atoms with van der Waals surface area (Å²) in [5.74, 6) is 0.691. The van der Waals surface area contributed by atoms with Crippen molar-refractivity contribution in [3.05, 3.63) is 71.8 Å². The molecular formula is C30H30O6. The molecule has 0 N–H and O–H groups in total. The Morgan fingerprint density at radius 2 is 0.972 bits per heavy atom. The van der Waals surface area contributed by atoms with Crippen LogP contribution >= 0.6 is 0 Å². The van der Waals surface area contributed by atoms with Crippen LogP contribution in [0.15, 0.2) is 60.7 Å². The van der Waals surface area contributed by atoms with E-state index < -0.39 is 0 Å². The van der Waals surface area contributed by atoms with Crippen molar-refractivity contribution < 1.29 is 28.5 Å². The molecule has 0 aliphatic carbocycles. The fraction of sp³-hybridized carbons (Fsp3) is 0.267. The van der Waals surface area contributed by atoms with Crippen LogP contribution in [0.25, 0.3) is 32.7 Å². The van der Waals surface area contributed by atoms with Gasteiger partial charge in [0.15, 0.2) is 0 Å². The van der Waals surface area contributed by atoms with Crippen molar-refractivity contribution in [1.82, 2.24) is 0 Å². The molecule has 0 unspecified atom stereocenters. The Morgan fingerprint density at radius 3 is 1.33 bits per heavy atom. The third-order valence-electron chi connectivity index (χ3n) is 5.84. The van der Waals surface area contributed by atoms with Crippen LogP contribution < -0.4 is 9.47 Å². The number of esters is 2. The number of rotatable bonds is 9. The van der Waals surface area contributed by atoms with E-state index in [0.29, 0.717) is 49.1 Å². The molecule has 0 atom stereocenters. The third kappa shape index (κ3) is 4.85. The van der Waals surface area contributed by atoms with Crippen LogP contribution in [-0.2, 0) is 9.47 Å². The Kier molecular flexibility index (Phi) is 7.74. The van der Waals surface area contributed by atoms with Gasteiger partial charge in [-0.05, 0) is 85.6 Å². The van der Waals surface area contributed by atoms with Gasteiger partial charge in [0.25, 0.3) is 0 Å². The minimum absolute atomic E-state index is 0.312. The minimum atomic E-state index is -0.360. The van der Waals surface area contributed by atoms with Gasteiger partial charge in [-0.25, -0.2) is 9.59 Å². The number of carbonyl (C=O) groups excluding carboxylic acids is 2. The molecule has 4 rings (SSSR count). The van der Waals surface area contributed by atoms with Gasteiger partial charge < -0.3 is 18.9 Å². The topological polar surface area (TPSA) is 71.1 Å². The van der Waals surface area contributed by atoms with E-state index in [9.17, 15) is 9.59 Å². The highest BCUT2D eigenvalue weighted by Gasteiger charge is 2.21. The lowest BCUT2D eigenvalue weighted by molar-refractivity contribution is 0.0517. The first-order valence-electron chi connectivity index (χ1n) is 12.3. The van der Waals surface area contributed by atoms with E-state index in [-0.39, 0.29) is 11.9 Å². The van der Waals surface area contributed by atoms with Crippen LogP contribution in [0.3, 0.4) is 0 Å². The minimum Gasteiger partial charge on any atom is -0.493 e. The molecule has 6 heteroatoms. The van der Waals surface area contributed by atoms with Crippen LogP contribution in [0.2, 0.25) is 0 Å². The van der Waals surface area contributed by atoms with Crippen LogP contribution in [0.1, 0.15) is 48.4 Å². The van der Waals surface area contributed by atoms with Crippen LogP contribution in [0.4, 0.5) is 0 Å². The molecule has 186 valence electrons. The maximum atomic E-state index is 12.4. The molecule has 36 heavy (non-hydrogen) atoms. The van der Waals surface area contributed by atoms with Crippen LogP contribution in [0, 0.1) is 0 Å². The summed E-state index contributed by atoms with van der Waals surface area (Å²) in [6, 6.07) is 18.7. The Labute approximate surface area is 210 Å². The SMILES string of the molecule is CCOC(=O)c1ccc2c(-c3c(OCC)ccc4cc(C(=O)OCC)ccc34)c(OCC)ccc2c1. The van der Waals surface area contributed by atoms with Crippen molar-refractivity contribution in [1.29, 1.82) is 0 Å². The quantitative estimate of drug-likeness (QED) is 0.242. The highest BCUT2D eigenvalue weighted by Crippen LogP contribution is 2.46. The first kappa shape index (κ1) is 25.0. The number of hydrogen-bond donors (Lipinski definition) is 0. The molecule has 0 saturated carbocycles. The lowest BCUT2D eigenvalue weighted by atomic mass is 9.91. The summed E-state index contributed by atoms with van der Waals surface area (Å²) in [5.41, 5.74) is 2.70. The van der Waals surface area contributed by atoms with E-state index in [1.165, 1.54) is 0 Å². The van der Waals surface area contributed by atoms with Gasteiger partial charge in [0, 0.05) is 11.1 Å². The second kappa shape index (κ2) is 11.1. The molecule has 6 nitrogen and oxygen atoms in total. The van der Waals surface area contributed by atoms with Crippen molar-refractivity contribution in [2.24, 2.45) is 0 Å². The molecule has 0 aliphatic rings. The Balaban J connectivity index is 2.01. The molecule has 4 aromatic rings. The maximum absolute atomic E-state index is 12.4. The van der Waals surface area contributed by atoms with Gasteiger partial charge in [0.2, 0.25) is 0 Å². The summed E-state index contributed by atoms with van der Waals surface area (Å²) in [6.45, 7) is 9.05. The largest absolute Gasteiger partial charge is 0.493 e. The average Bonchev–Trinajstić information content (AvgIpc) is 2.89. The van der Waals surface area contributed by atoms with E-state index in [1.54, 1.807) is 26.0 Å². The molecule has 4 aromatic carbocycles. The van der Waals surface area contributed by atoms with Gasteiger partial charge in [0.05, 0.1) is 37.6 Å². The third-order valence-corrected chi connectivity index (χ3v) is 5.84. The van der Waals surface area contributed by atoms with E-state index in [0.717, 1.165) is 32.7 Å². The number of carbonyl (C=O) groups is 2. The van der Waals surface area contributed by atoms with Crippen molar-refractivity contribution >= 4 is 33.5 Å². The first-order chi connectivity index (χ1) is 17.5. The number of fused-ring (bicyclic) bond motifs is 2. The summed E-state index contributed by atoms with van der Waals surface area (Å²) in [7, 11) is 0. The molecule has 0 radical (unpaired) electrons. The summed E-state index contributed by atoms with van der Waals surface area (Å²) in [4.78, 5) is 24.7. The Morgan fingerprint density at radius 1 is 0.556 bits per heavy atom. The average molecular weight is 487 g/mol. The maximum Gasteiger partial charge on any atom is 0.338 e. The molecule has 0 spiro atoms. The molecule has 0 saturated heterocycles. The zero-order valence-corrected chi connectivity index (χ0v) is 21.1. The molecular weight excluding hydrogens is 456 g/mol. The van der Waals surface area contributed by atoms with E-state index in [4.69, 9.17) is 18.9 Å². The fourth-order valence-corrected chi connectivity index (χ4v) is 4.37. The Bertz CT molecular complexity index is 1310. The van der Waals surface area contributed by atoms with Gasteiger partial charge in [-0.1, -0.05) is 24.3 Å². The first-order valence-corrected chi connectivity index (χ1v) is 12.3. The van der Waals surface area contributed by atoms with Crippen LogP contribution in [0.5, 0.6) is 11.5 Å². The lowest BCUT2D eigenvalue weighted by Crippen LogP contribution is -2.05.